The second-order valence-corrected chi connectivity index (χ2v) is 7.15. The number of nitrogens with zero attached hydrogens (tertiary/aromatic N) is 3. The van der Waals surface area contributed by atoms with E-state index in [-0.39, 0.29) is 16.9 Å². The van der Waals surface area contributed by atoms with E-state index in [4.69, 9.17) is 0 Å². The van der Waals surface area contributed by atoms with Crippen molar-refractivity contribution in [2.75, 3.05) is 6.54 Å². The molecule has 0 fully saturated rings. The normalized spacial score (nSPS) is 14.0. The van der Waals surface area contributed by atoms with Crippen molar-refractivity contribution < 1.29 is 18.8 Å². The van der Waals surface area contributed by atoms with Crippen molar-refractivity contribution in [3.63, 3.8) is 0 Å². The van der Waals surface area contributed by atoms with Crippen LogP contribution in [0.25, 0.3) is 10.2 Å². The highest BCUT2D eigenvalue weighted by atomic mass is 32.1. The molecule has 0 saturated heterocycles. The summed E-state index contributed by atoms with van der Waals surface area (Å²) in [4.78, 5) is 42.6. The number of halogens is 1. The smallest absolute Gasteiger partial charge is 0.268 e. The molecule has 28 heavy (non-hydrogen) atoms. The second kappa shape index (κ2) is 6.97. The van der Waals surface area contributed by atoms with Crippen LogP contribution < -0.4 is 4.80 Å². The molecule has 0 saturated carbocycles. The molecule has 0 N–H and O–H groups in total. The minimum atomic E-state index is -0.639. The number of carbonyl (C=O) groups is 3. The van der Waals surface area contributed by atoms with Crippen LogP contribution in [0.5, 0.6) is 0 Å². The Hall–Kier alpha value is -3.39. The summed E-state index contributed by atoms with van der Waals surface area (Å²) in [5.41, 5.74) is 1.28. The fraction of sp³-hybridized carbons (Fsp3) is 0.100. The predicted octanol–water partition coefficient (Wildman–Crippen LogP) is 2.75. The largest absolute Gasteiger partial charge is 0.313 e. The molecule has 2 heterocycles. The lowest BCUT2D eigenvalue weighted by atomic mass is 10.1. The van der Waals surface area contributed by atoms with Crippen LogP contribution in [-0.2, 0) is 11.3 Å². The molecule has 8 heteroatoms. The van der Waals surface area contributed by atoms with E-state index in [9.17, 15) is 18.8 Å². The standard InChI is InChI=1S/C20H14FN3O3S/c1-2-9-23-15-8-7-12(21)10-16(15)28-20(23)22-17(25)11-24-18(26)13-5-3-4-6-14(13)19(24)27/h2-8,10H,1,9,11H2. The number of aromatic nitrogens is 1. The maximum Gasteiger partial charge on any atom is 0.268 e. The van der Waals surface area contributed by atoms with Gasteiger partial charge in [-0.25, -0.2) is 4.39 Å². The molecule has 3 amide bonds. The molecule has 2 aromatic carbocycles. The first kappa shape index (κ1) is 18.0. The minimum Gasteiger partial charge on any atom is -0.313 e. The van der Waals surface area contributed by atoms with Crippen molar-refractivity contribution in [2.45, 2.75) is 6.54 Å². The van der Waals surface area contributed by atoms with Crippen molar-refractivity contribution in [3.8, 4) is 0 Å². The zero-order valence-corrected chi connectivity index (χ0v) is 15.4. The van der Waals surface area contributed by atoms with Crippen LogP contribution in [0, 0.1) is 5.82 Å². The zero-order chi connectivity index (χ0) is 19.8. The van der Waals surface area contributed by atoms with Gasteiger partial charge in [-0.3, -0.25) is 19.3 Å². The summed E-state index contributed by atoms with van der Waals surface area (Å²) in [7, 11) is 0. The maximum atomic E-state index is 13.5. The van der Waals surface area contributed by atoms with E-state index in [1.54, 1.807) is 41.0 Å². The van der Waals surface area contributed by atoms with E-state index >= 15 is 0 Å². The molecule has 4 rings (SSSR count). The Bertz CT molecular complexity index is 1190. The molecular weight excluding hydrogens is 381 g/mol. The van der Waals surface area contributed by atoms with Gasteiger partial charge in [-0.05, 0) is 30.3 Å². The quantitative estimate of drug-likeness (QED) is 0.504. The molecule has 0 radical (unpaired) electrons. The SMILES string of the molecule is C=CCn1c(=NC(=O)CN2C(=O)c3ccccc3C2=O)sc2cc(F)ccc21. The summed E-state index contributed by atoms with van der Waals surface area (Å²) in [6.45, 7) is 3.62. The fourth-order valence-corrected chi connectivity index (χ4v) is 4.18. The van der Waals surface area contributed by atoms with Gasteiger partial charge in [0, 0.05) is 6.54 Å². The highest BCUT2D eigenvalue weighted by Crippen LogP contribution is 2.22. The van der Waals surface area contributed by atoms with E-state index in [1.807, 2.05) is 0 Å². The molecule has 3 aromatic rings. The topological polar surface area (TPSA) is 71.7 Å². The lowest BCUT2D eigenvalue weighted by molar-refractivity contribution is -0.118. The van der Waals surface area contributed by atoms with Gasteiger partial charge in [0.05, 0.1) is 21.3 Å². The Morgan fingerprint density at radius 2 is 1.82 bits per heavy atom. The van der Waals surface area contributed by atoms with E-state index in [0.717, 1.165) is 21.8 Å². The summed E-state index contributed by atoms with van der Waals surface area (Å²) in [5.74, 6) is -2.05. The van der Waals surface area contributed by atoms with Crippen LogP contribution in [0.3, 0.4) is 0 Å². The summed E-state index contributed by atoms with van der Waals surface area (Å²) < 4.78 is 15.9. The second-order valence-electron chi connectivity index (χ2n) is 6.14. The zero-order valence-electron chi connectivity index (χ0n) is 14.6. The minimum absolute atomic E-state index is 0.277. The number of rotatable bonds is 4. The Labute approximate surface area is 162 Å². The first-order valence-electron chi connectivity index (χ1n) is 8.42. The molecule has 0 bridgehead atoms. The Morgan fingerprint density at radius 1 is 1.14 bits per heavy atom. The van der Waals surface area contributed by atoms with Crippen LogP contribution in [-0.4, -0.2) is 33.7 Å². The number of fused-ring (bicyclic) bond motifs is 2. The van der Waals surface area contributed by atoms with Gasteiger partial charge in [0.15, 0.2) is 4.80 Å². The molecule has 1 aliphatic heterocycles. The Morgan fingerprint density at radius 3 is 2.46 bits per heavy atom. The molecule has 0 unspecified atom stereocenters. The van der Waals surface area contributed by atoms with Crippen molar-refractivity contribution in [3.05, 3.63) is 76.9 Å². The van der Waals surface area contributed by atoms with Crippen molar-refractivity contribution in [2.24, 2.45) is 4.99 Å². The third kappa shape index (κ3) is 2.97. The number of hydrogen-bond acceptors (Lipinski definition) is 4. The van der Waals surface area contributed by atoms with Crippen LogP contribution in [0.2, 0.25) is 0 Å². The molecule has 6 nitrogen and oxygen atoms in total. The van der Waals surface area contributed by atoms with E-state index in [2.05, 4.69) is 11.6 Å². The molecule has 1 aliphatic rings. The third-order valence-electron chi connectivity index (χ3n) is 4.35. The first-order valence-corrected chi connectivity index (χ1v) is 9.24. The molecule has 140 valence electrons. The van der Waals surface area contributed by atoms with Gasteiger partial charge >= 0.3 is 0 Å². The molecule has 1 aromatic heterocycles. The van der Waals surface area contributed by atoms with Gasteiger partial charge in [-0.1, -0.05) is 29.5 Å². The van der Waals surface area contributed by atoms with Gasteiger partial charge in [-0.2, -0.15) is 4.99 Å². The average Bonchev–Trinajstić information content (AvgIpc) is 3.12. The number of amides is 3. The van der Waals surface area contributed by atoms with E-state index in [1.165, 1.54) is 12.1 Å². The highest BCUT2D eigenvalue weighted by molar-refractivity contribution is 7.16. The summed E-state index contributed by atoms with van der Waals surface area (Å²) >= 11 is 1.15. The number of hydrogen-bond donors (Lipinski definition) is 0. The van der Waals surface area contributed by atoms with E-state index < -0.39 is 24.3 Å². The molecular formula is C20H14FN3O3S. The molecule has 0 aliphatic carbocycles. The van der Waals surface area contributed by atoms with Crippen LogP contribution >= 0.6 is 11.3 Å². The number of imide groups is 1. The third-order valence-corrected chi connectivity index (χ3v) is 5.39. The number of allylic oxidation sites excluding steroid dienone is 1. The Kier molecular flexibility index (Phi) is 4.48. The number of benzene rings is 2. The fourth-order valence-electron chi connectivity index (χ4n) is 3.10. The monoisotopic (exact) mass is 395 g/mol. The van der Waals surface area contributed by atoms with Gasteiger partial charge in [-0.15, -0.1) is 6.58 Å². The Balaban J connectivity index is 1.68. The number of thiazole rings is 1. The highest BCUT2D eigenvalue weighted by Gasteiger charge is 2.36. The molecule has 0 atom stereocenters. The van der Waals surface area contributed by atoms with Crippen molar-refractivity contribution >= 4 is 39.3 Å². The van der Waals surface area contributed by atoms with Crippen molar-refractivity contribution in [1.82, 2.24) is 9.47 Å². The van der Waals surface area contributed by atoms with Crippen LogP contribution in [0.1, 0.15) is 20.7 Å². The summed E-state index contributed by atoms with van der Waals surface area (Å²) in [6, 6.07) is 10.7. The van der Waals surface area contributed by atoms with Gasteiger partial charge < -0.3 is 4.57 Å². The average molecular weight is 395 g/mol. The van der Waals surface area contributed by atoms with Crippen LogP contribution in [0.15, 0.2) is 60.1 Å². The maximum absolute atomic E-state index is 13.5. The predicted molar refractivity (Wildman–Crippen MR) is 102 cm³/mol. The van der Waals surface area contributed by atoms with Gasteiger partial charge in [0.2, 0.25) is 0 Å². The lowest BCUT2D eigenvalue weighted by Crippen LogP contribution is -2.35. The molecule has 0 spiro atoms. The van der Waals surface area contributed by atoms with E-state index in [0.29, 0.717) is 16.0 Å². The number of carbonyl (C=O) groups excluding carboxylic acids is 3. The summed E-state index contributed by atoms with van der Waals surface area (Å²) in [5, 5.41) is 0. The first-order chi connectivity index (χ1) is 13.5. The van der Waals surface area contributed by atoms with Gasteiger partial charge in [0.1, 0.15) is 12.4 Å². The summed E-state index contributed by atoms with van der Waals surface area (Å²) in [6.07, 6.45) is 1.64. The van der Waals surface area contributed by atoms with Crippen molar-refractivity contribution in [1.29, 1.82) is 0 Å². The van der Waals surface area contributed by atoms with Crippen LogP contribution in [0.4, 0.5) is 4.39 Å². The lowest BCUT2D eigenvalue weighted by Gasteiger charge is -2.10. The van der Waals surface area contributed by atoms with Gasteiger partial charge in [0.25, 0.3) is 17.7 Å².